The molecule has 15 heavy (non-hydrogen) atoms. The average Bonchev–Trinajstić information content (AvgIpc) is 2.28. The van der Waals surface area contributed by atoms with Crippen LogP contribution in [0.4, 0.5) is 0 Å². The number of rotatable bonds is 2. The van der Waals surface area contributed by atoms with Crippen LogP contribution in [-0.4, -0.2) is 10.7 Å². The first-order chi connectivity index (χ1) is 7.34. The monoisotopic (exact) mass is 268 g/mol. The standard InChI is InChI=1S/C11H13BrN2O/c12-10-7-4-8-11(13-10)15-14-9-5-2-1-3-6-9/h4,7-8H,1-3,5-6H2. The van der Waals surface area contributed by atoms with E-state index in [4.69, 9.17) is 4.84 Å². The molecule has 1 fully saturated rings. The molecule has 0 radical (unpaired) electrons. The van der Waals surface area contributed by atoms with Crippen LogP contribution < -0.4 is 4.84 Å². The summed E-state index contributed by atoms with van der Waals surface area (Å²) in [5.41, 5.74) is 1.16. The van der Waals surface area contributed by atoms with E-state index in [2.05, 4.69) is 26.1 Å². The molecule has 0 bridgehead atoms. The van der Waals surface area contributed by atoms with E-state index < -0.39 is 0 Å². The Balaban J connectivity index is 1.96. The summed E-state index contributed by atoms with van der Waals surface area (Å²) in [6.45, 7) is 0. The van der Waals surface area contributed by atoms with Crippen molar-refractivity contribution in [2.75, 3.05) is 0 Å². The van der Waals surface area contributed by atoms with Gasteiger partial charge in [0.25, 0.3) is 0 Å². The SMILES string of the molecule is Brc1cccc(ON=C2CCCCC2)n1. The third kappa shape index (κ3) is 3.30. The first-order valence-electron chi connectivity index (χ1n) is 5.20. The third-order valence-electron chi connectivity index (χ3n) is 2.39. The molecule has 80 valence electrons. The van der Waals surface area contributed by atoms with Gasteiger partial charge < -0.3 is 4.84 Å². The quantitative estimate of drug-likeness (QED) is 0.608. The molecule has 0 N–H and O–H groups in total. The van der Waals surface area contributed by atoms with Crippen LogP contribution in [0.3, 0.4) is 0 Å². The van der Waals surface area contributed by atoms with Gasteiger partial charge in [-0.2, -0.15) is 0 Å². The highest BCUT2D eigenvalue weighted by atomic mass is 79.9. The maximum absolute atomic E-state index is 5.27. The molecule has 2 rings (SSSR count). The molecule has 0 atom stereocenters. The number of hydrogen-bond acceptors (Lipinski definition) is 3. The van der Waals surface area contributed by atoms with Crippen molar-refractivity contribution in [3.63, 3.8) is 0 Å². The van der Waals surface area contributed by atoms with Crippen LogP contribution in [0, 0.1) is 0 Å². The zero-order valence-electron chi connectivity index (χ0n) is 8.45. The molecule has 0 unspecified atom stereocenters. The second-order valence-corrected chi connectivity index (χ2v) is 4.42. The van der Waals surface area contributed by atoms with Crippen molar-refractivity contribution >= 4 is 21.6 Å². The van der Waals surface area contributed by atoms with Crippen molar-refractivity contribution in [3.05, 3.63) is 22.8 Å². The van der Waals surface area contributed by atoms with Crippen molar-refractivity contribution in [2.24, 2.45) is 5.16 Å². The van der Waals surface area contributed by atoms with E-state index in [9.17, 15) is 0 Å². The first-order valence-corrected chi connectivity index (χ1v) is 5.99. The molecule has 0 spiro atoms. The normalized spacial score (nSPS) is 16.2. The second kappa shape index (κ2) is 5.26. The molecule has 0 aliphatic heterocycles. The predicted octanol–water partition coefficient (Wildman–Crippen LogP) is 3.54. The maximum Gasteiger partial charge on any atom is 0.249 e. The number of halogens is 1. The Bertz CT molecular complexity index is 357. The maximum atomic E-state index is 5.27. The van der Waals surface area contributed by atoms with Crippen molar-refractivity contribution in [1.82, 2.24) is 4.98 Å². The molecule has 1 aromatic heterocycles. The van der Waals surface area contributed by atoms with E-state index in [1.807, 2.05) is 12.1 Å². The highest BCUT2D eigenvalue weighted by Gasteiger charge is 2.07. The smallest absolute Gasteiger partial charge is 0.249 e. The molecular formula is C11H13BrN2O. The summed E-state index contributed by atoms with van der Waals surface area (Å²) in [5.74, 6) is 0.544. The molecule has 1 heterocycles. The number of oxime groups is 1. The van der Waals surface area contributed by atoms with Crippen LogP contribution in [0.1, 0.15) is 32.1 Å². The zero-order chi connectivity index (χ0) is 10.5. The van der Waals surface area contributed by atoms with Gasteiger partial charge in [0.1, 0.15) is 4.60 Å². The van der Waals surface area contributed by atoms with E-state index in [1.165, 1.54) is 19.3 Å². The van der Waals surface area contributed by atoms with Crippen LogP contribution in [-0.2, 0) is 0 Å². The summed E-state index contributed by atoms with van der Waals surface area (Å²) in [7, 11) is 0. The summed E-state index contributed by atoms with van der Waals surface area (Å²) < 4.78 is 0.767. The average molecular weight is 269 g/mol. The molecule has 1 saturated carbocycles. The molecule has 4 heteroatoms. The molecule has 3 nitrogen and oxygen atoms in total. The fourth-order valence-corrected chi connectivity index (χ4v) is 1.93. The lowest BCUT2D eigenvalue weighted by atomic mass is 9.99. The minimum Gasteiger partial charge on any atom is -0.337 e. The van der Waals surface area contributed by atoms with Gasteiger partial charge in [0.15, 0.2) is 0 Å². The molecule has 0 saturated heterocycles. The fourth-order valence-electron chi connectivity index (χ4n) is 1.60. The van der Waals surface area contributed by atoms with Gasteiger partial charge in [0, 0.05) is 6.07 Å². The number of hydrogen-bond donors (Lipinski definition) is 0. The van der Waals surface area contributed by atoms with Gasteiger partial charge in [-0.15, -0.1) is 0 Å². The van der Waals surface area contributed by atoms with Crippen molar-refractivity contribution in [1.29, 1.82) is 0 Å². The van der Waals surface area contributed by atoms with Crippen LogP contribution >= 0.6 is 15.9 Å². The van der Waals surface area contributed by atoms with Gasteiger partial charge in [-0.3, -0.25) is 0 Å². The molecule has 1 aliphatic rings. The lowest BCUT2D eigenvalue weighted by Gasteiger charge is -2.11. The van der Waals surface area contributed by atoms with Crippen LogP contribution in [0.5, 0.6) is 5.88 Å². The Morgan fingerprint density at radius 3 is 2.73 bits per heavy atom. The van der Waals surface area contributed by atoms with E-state index >= 15 is 0 Å². The van der Waals surface area contributed by atoms with Gasteiger partial charge in [-0.05, 0) is 47.7 Å². The Morgan fingerprint density at radius 1 is 1.20 bits per heavy atom. The number of pyridine rings is 1. The Morgan fingerprint density at radius 2 is 2.00 bits per heavy atom. The number of aromatic nitrogens is 1. The Labute approximate surface area is 97.7 Å². The molecule has 0 amide bonds. The number of nitrogens with zero attached hydrogens (tertiary/aromatic N) is 2. The van der Waals surface area contributed by atoms with Crippen molar-refractivity contribution < 1.29 is 4.84 Å². The summed E-state index contributed by atoms with van der Waals surface area (Å²) in [4.78, 5) is 9.42. The molecule has 1 aliphatic carbocycles. The van der Waals surface area contributed by atoms with E-state index in [1.54, 1.807) is 6.07 Å². The lowest BCUT2D eigenvalue weighted by Crippen LogP contribution is -2.06. The molecule has 0 aromatic carbocycles. The van der Waals surface area contributed by atoms with E-state index in [-0.39, 0.29) is 0 Å². The largest absolute Gasteiger partial charge is 0.337 e. The zero-order valence-corrected chi connectivity index (χ0v) is 10.0. The fraction of sp³-hybridized carbons (Fsp3) is 0.455. The summed E-state index contributed by atoms with van der Waals surface area (Å²) >= 11 is 3.29. The second-order valence-electron chi connectivity index (χ2n) is 3.61. The van der Waals surface area contributed by atoms with Crippen LogP contribution in [0.15, 0.2) is 28.0 Å². The first kappa shape index (κ1) is 10.6. The lowest BCUT2D eigenvalue weighted by molar-refractivity contribution is 0.322. The Hall–Kier alpha value is -0.900. The van der Waals surface area contributed by atoms with Crippen LogP contribution in [0.2, 0.25) is 0 Å². The third-order valence-corrected chi connectivity index (χ3v) is 2.83. The topological polar surface area (TPSA) is 34.5 Å². The minimum atomic E-state index is 0.544. The van der Waals surface area contributed by atoms with Gasteiger partial charge in [-0.25, -0.2) is 4.98 Å². The summed E-state index contributed by atoms with van der Waals surface area (Å²) in [6, 6.07) is 5.55. The molecule has 1 aromatic rings. The van der Waals surface area contributed by atoms with Gasteiger partial charge in [-0.1, -0.05) is 17.6 Å². The van der Waals surface area contributed by atoms with E-state index in [0.29, 0.717) is 5.88 Å². The summed E-state index contributed by atoms with van der Waals surface area (Å²) in [5, 5.41) is 4.13. The van der Waals surface area contributed by atoms with Gasteiger partial charge in [0.2, 0.25) is 5.88 Å². The van der Waals surface area contributed by atoms with Crippen LogP contribution in [0.25, 0.3) is 0 Å². The molecular weight excluding hydrogens is 256 g/mol. The summed E-state index contributed by atoms with van der Waals surface area (Å²) in [6.07, 6.45) is 5.90. The minimum absolute atomic E-state index is 0.544. The van der Waals surface area contributed by atoms with E-state index in [0.717, 1.165) is 23.2 Å². The van der Waals surface area contributed by atoms with Crippen molar-refractivity contribution in [3.8, 4) is 5.88 Å². The van der Waals surface area contributed by atoms with Gasteiger partial charge >= 0.3 is 0 Å². The van der Waals surface area contributed by atoms with Crippen molar-refractivity contribution in [2.45, 2.75) is 32.1 Å². The van der Waals surface area contributed by atoms with Gasteiger partial charge in [0.05, 0.1) is 5.71 Å². The Kier molecular flexibility index (Phi) is 3.72. The highest BCUT2D eigenvalue weighted by molar-refractivity contribution is 9.10. The highest BCUT2D eigenvalue weighted by Crippen LogP contribution is 2.16. The predicted molar refractivity (Wildman–Crippen MR) is 63.1 cm³/mol.